The summed E-state index contributed by atoms with van der Waals surface area (Å²) in [5.74, 6) is -0.475. The molecule has 0 bridgehead atoms. The van der Waals surface area contributed by atoms with E-state index in [2.05, 4.69) is 20.9 Å². The van der Waals surface area contributed by atoms with Gasteiger partial charge in [0.25, 0.3) is 5.91 Å². The number of thiophene rings is 1. The second kappa shape index (κ2) is 3.80. The van der Waals surface area contributed by atoms with Gasteiger partial charge >= 0.3 is 0 Å². The molecule has 2 N–H and O–H groups in total. The highest BCUT2D eigenvalue weighted by Gasteiger charge is 2.09. The standard InChI is InChI=1S/C8H5BrN2OS2/c9-6-2-1-5(14-6)4-3-13-8(11-4)7(10)12/h1-3H,(H2,10,12). The lowest BCUT2D eigenvalue weighted by Crippen LogP contribution is -2.09. The molecule has 2 heterocycles. The van der Waals surface area contributed by atoms with E-state index in [-0.39, 0.29) is 0 Å². The Morgan fingerprint density at radius 1 is 1.50 bits per heavy atom. The number of rotatable bonds is 2. The summed E-state index contributed by atoms with van der Waals surface area (Å²) in [6.07, 6.45) is 0. The number of halogens is 1. The van der Waals surface area contributed by atoms with Crippen LogP contribution in [0.15, 0.2) is 21.3 Å². The maximum Gasteiger partial charge on any atom is 0.277 e. The Bertz CT molecular complexity index is 477. The average molecular weight is 289 g/mol. The Labute approximate surface area is 96.7 Å². The first-order valence-corrected chi connectivity index (χ1v) is 6.17. The van der Waals surface area contributed by atoms with Crippen molar-refractivity contribution in [2.75, 3.05) is 0 Å². The predicted octanol–water partition coefficient (Wildman–Crippen LogP) is 2.73. The molecule has 2 aromatic heterocycles. The maximum atomic E-state index is 10.8. The predicted molar refractivity (Wildman–Crippen MR) is 61.6 cm³/mol. The van der Waals surface area contributed by atoms with E-state index in [9.17, 15) is 4.79 Å². The van der Waals surface area contributed by atoms with Crippen molar-refractivity contribution in [3.8, 4) is 10.6 Å². The summed E-state index contributed by atoms with van der Waals surface area (Å²) in [4.78, 5) is 16.0. The number of carbonyl (C=O) groups is 1. The third-order valence-electron chi connectivity index (χ3n) is 1.54. The molecule has 0 aromatic carbocycles. The van der Waals surface area contributed by atoms with Crippen LogP contribution in [0.25, 0.3) is 10.6 Å². The summed E-state index contributed by atoms with van der Waals surface area (Å²) in [5, 5.41) is 2.18. The van der Waals surface area contributed by atoms with Crippen LogP contribution >= 0.6 is 38.6 Å². The molecule has 0 saturated carbocycles. The van der Waals surface area contributed by atoms with Crippen molar-refractivity contribution in [1.29, 1.82) is 0 Å². The number of nitrogens with two attached hydrogens (primary N) is 1. The highest BCUT2D eigenvalue weighted by molar-refractivity contribution is 9.11. The number of carbonyl (C=O) groups excluding carboxylic acids is 1. The van der Waals surface area contributed by atoms with Crippen molar-refractivity contribution >= 4 is 44.5 Å². The number of amides is 1. The molecule has 72 valence electrons. The minimum atomic E-state index is -0.475. The molecule has 0 spiro atoms. The molecule has 2 rings (SSSR count). The zero-order valence-corrected chi connectivity index (χ0v) is 10.1. The second-order valence-electron chi connectivity index (χ2n) is 2.51. The largest absolute Gasteiger partial charge is 0.364 e. The normalized spacial score (nSPS) is 10.4. The summed E-state index contributed by atoms with van der Waals surface area (Å²) in [6, 6.07) is 3.90. The fourth-order valence-electron chi connectivity index (χ4n) is 0.952. The van der Waals surface area contributed by atoms with Crippen LogP contribution in [0.4, 0.5) is 0 Å². The molecule has 0 unspecified atom stereocenters. The smallest absolute Gasteiger partial charge is 0.277 e. The van der Waals surface area contributed by atoms with Gasteiger partial charge in [-0.2, -0.15) is 0 Å². The van der Waals surface area contributed by atoms with E-state index in [0.29, 0.717) is 5.01 Å². The van der Waals surface area contributed by atoms with Crippen molar-refractivity contribution in [1.82, 2.24) is 4.98 Å². The SMILES string of the molecule is NC(=O)c1nc(-c2ccc(Br)s2)cs1. The fraction of sp³-hybridized carbons (Fsp3) is 0. The van der Waals surface area contributed by atoms with Crippen molar-refractivity contribution in [3.05, 3.63) is 26.3 Å². The molecular formula is C8H5BrN2OS2. The molecule has 0 aliphatic heterocycles. The van der Waals surface area contributed by atoms with Gasteiger partial charge in [0.1, 0.15) is 0 Å². The van der Waals surface area contributed by atoms with Crippen LogP contribution in [0, 0.1) is 0 Å². The first kappa shape index (κ1) is 9.82. The fourth-order valence-corrected chi connectivity index (χ4v) is 3.04. The van der Waals surface area contributed by atoms with Crippen molar-refractivity contribution < 1.29 is 4.79 Å². The van der Waals surface area contributed by atoms with Gasteiger partial charge in [-0.05, 0) is 28.1 Å². The van der Waals surface area contributed by atoms with E-state index in [1.807, 2.05) is 17.5 Å². The van der Waals surface area contributed by atoms with Gasteiger partial charge in [0.15, 0.2) is 5.01 Å². The lowest BCUT2D eigenvalue weighted by Gasteiger charge is -1.87. The first-order valence-electron chi connectivity index (χ1n) is 3.68. The number of primary amides is 1. The van der Waals surface area contributed by atoms with Crippen LogP contribution in [0.2, 0.25) is 0 Å². The molecule has 0 radical (unpaired) electrons. The van der Waals surface area contributed by atoms with Crippen LogP contribution in [0.1, 0.15) is 9.80 Å². The molecule has 2 aromatic rings. The number of hydrogen-bond donors (Lipinski definition) is 1. The van der Waals surface area contributed by atoms with E-state index in [1.54, 1.807) is 11.3 Å². The monoisotopic (exact) mass is 288 g/mol. The van der Waals surface area contributed by atoms with Gasteiger partial charge in [0.05, 0.1) is 14.4 Å². The van der Waals surface area contributed by atoms with Gasteiger partial charge in [0.2, 0.25) is 0 Å². The van der Waals surface area contributed by atoms with Gasteiger partial charge in [-0.25, -0.2) is 4.98 Å². The Kier molecular flexibility index (Phi) is 2.66. The third-order valence-corrected chi connectivity index (χ3v) is 4.04. The van der Waals surface area contributed by atoms with Gasteiger partial charge in [0, 0.05) is 5.38 Å². The van der Waals surface area contributed by atoms with Crippen molar-refractivity contribution in [2.45, 2.75) is 0 Å². The highest BCUT2D eigenvalue weighted by Crippen LogP contribution is 2.31. The Balaban J connectivity index is 2.38. The summed E-state index contributed by atoms with van der Waals surface area (Å²) in [6.45, 7) is 0. The summed E-state index contributed by atoms with van der Waals surface area (Å²) >= 11 is 6.21. The third kappa shape index (κ3) is 1.87. The number of aromatic nitrogens is 1. The zero-order chi connectivity index (χ0) is 10.1. The van der Waals surface area contributed by atoms with Gasteiger partial charge in [-0.1, -0.05) is 0 Å². The molecule has 0 aliphatic carbocycles. The summed E-state index contributed by atoms with van der Waals surface area (Å²) in [7, 11) is 0. The quantitative estimate of drug-likeness (QED) is 0.924. The Morgan fingerprint density at radius 2 is 2.29 bits per heavy atom. The number of thiazole rings is 1. The molecule has 6 heteroatoms. The van der Waals surface area contributed by atoms with Crippen LogP contribution in [0.5, 0.6) is 0 Å². The molecule has 0 saturated heterocycles. The highest BCUT2D eigenvalue weighted by atomic mass is 79.9. The maximum absolute atomic E-state index is 10.8. The molecule has 1 amide bonds. The van der Waals surface area contributed by atoms with E-state index in [4.69, 9.17) is 5.73 Å². The van der Waals surface area contributed by atoms with Gasteiger partial charge in [-0.3, -0.25) is 4.79 Å². The van der Waals surface area contributed by atoms with Crippen molar-refractivity contribution in [3.63, 3.8) is 0 Å². The van der Waals surface area contributed by atoms with Gasteiger partial charge in [-0.15, -0.1) is 22.7 Å². The second-order valence-corrected chi connectivity index (χ2v) is 5.83. The minimum Gasteiger partial charge on any atom is -0.364 e. The topological polar surface area (TPSA) is 56.0 Å². The van der Waals surface area contributed by atoms with E-state index in [0.717, 1.165) is 14.4 Å². The van der Waals surface area contributed by atoms with Crippen LogP contribution in [0.3, 0.4) is 0 Å². The summed E-state index contributed by atoms with van der Waals surface area (Å²) < 4.78 is 1.04. The van der Waals surface area contributed by atoms with Gasteiger partial charge < -0.3 is 5.73 Å². The first-order chi connectivity index (χ1) is 6.66. The number of hydrogen-bond acceptors (Lipinski definition) is 4. The lowest BCUT2D eigenvalue weighted by atomic mass is 10.4. The summed E-state index contributed by atoms with van der Waals surface area (Å²) in [5.41, 5.74) is 5.92. The zero-order valence-electron chi connectivity index (χ0n) is 6.86. The molecule has 0 aliphatic rings. The van der Waals surface area contributed by atoms with E-state index in [1.165, 1.54) is 11.3 Å². The van der Waals surface area contributed by atoms with Crippen LogP contribution in [-0.2, 0) is 0 Å². The molecule has 14 heavy (non-hydrogen) atoms. The van der Waals surface area contributed by atoms with E-state index >= 15 is 0 Å². The van der Waals surface area contributed by atoms with Crippen LogP contribution < -0.4 is 5.73 Å². The minimum absolute atomic E-state index is 0.351. The van der Waals surface area contributed by atoms with E-state index < -0.39 is 5.91 Å². The Hall–Kier alpha value is -0.720. The molecule has 3 nitrogen and oxygen atoms in total. The molecule has 0 atom stereocenters. The molecular weight excluding hydrogens is 284 g/mol. The Morgan fingerprint density at radius 3 is 2.79 bits per heavy atom. The molecule has 0 fully saturated rings. The average Bonchev–Trinajstić information content (AvgIpc) is 2.70. The van der Waals surface area contributed by atoms with Crippen LogP contribution in [-0.4, -0.2) is 10.9 Å². The number of nitrogens with zero attached hydrogens (tertiary/aromatic N) is 1. The van der Waals surface area contributed by atoms with Crippen molar-refractivity contribution in [2.24, 2.45) is 5.73 Å². The lowest BCUT2D eigenvalue weighted by molar-refractivity contribution is 0.1000.